The van der Waals surface area contributed by atoms with Gasteiger partial charge in [0.25, 0.3) is 0 Å². The van der Waals surface area contributed by atoms with Gasteiger partial charge in [-0.3, -0.25) is 4.79 Å². The van der Waals surface area contributed by atoms with Crippen LogP contribution in [0.3, 0.4) is 0 Å². The second-order valence-electron chi connectivity index (χ2n) is 4.86. The highest BCUT2D eigenvalue weighted by Crippen LogP contribution is 2.28. The molecular formula is C14H17N3O3. The summed E-state index contributed by atoms with van der Waals surface area (Å²) in [7, 11) is 1.65. The van der Waals surface area contributed by atoms with Crippen LogP contribution in [0.25, 0.3) is 11.0 Å². The second kappa shape index (κ2) is 5.13. The normalized spacial score (nSPS) is 17.8. The van der Waals surface area contributed by atoms with Crippen molar-refractivity contribution >= 4 is 16.9 Å². The van der Waals surface area contributed by atoms with Crippen molar-refractivity contribution < 1.29 is 14.3 Å². The number of carbonyl (C=O) groups excluding carboxylic acids is 1. The lowest BCUT2D eigenvalue weighted by Crippen LogP contribution is -2.34. The molecule has 1 atom stereocenters. The Morgan fingerprint density at radius 2 is 2.45 bits per heavy atom. The molecule has 3 rings (SSSR count). The average molecular weight is 275 g/mol. The number of nitrogens with zero attached hydrogens (tertiary/aromatic N) is 2. The molecule has 6 heteroatoms. The van der Waals surface area contributed by atoms with E-state index in [9.17, 15) is 4.79 Å². The SMILES string of the molecule is COc1ccc2nc3n(c2c1)[C@@H](CNC(C)=O)COC3. The Bertz CT molecular complexity index is 650. The van der Waals surface area contributed by atoms with Gasteiger partial charge < -0.3 is 19.4 Å². The van der Waals surface area contributed by atoms with E-state index in [4.69, 9.17) is 9.47 Å². The number of rotatable bonds is 3. The molecule has 1 aliphatic rings. The molecule has 1 amide bonds. The zero-order valence-corrected chi connectivity index (χ0v) is 11.5. The summed E-state index contributed by atoms with van der Waals surface area (Å²) in [6.45, 7) is 3.11. The minimum atomic E-state index is -0.0425. The predicted octanol–water partition coefficient (Wildman–Crippen LogP) is 1.25. The van der Waals surface area contributed by atoms with E-state index in [1.54, 1.807) is 7.11 Å². The summed E-state index contributed by atoms with van der Waals surface area (Å²) < 4.78 is 13.0. The first-order valence-electron chi connectivity index (χ1n) is 6.56. The Morgan fingerprint density at radius 1 is 1.60 bits per heavy atom. The number of imidazole rings is 1. The van der Waals surface area contributed by atoms with Gasteiger partial charge in [0, 0.05) is 19.5 Å². The highest BCUT2D eigenvalue weighted by atomic mass is 16.5. The van der Waals surface area contributed by atoms with E-state index in [2.05, 4.69) is 14.9 Å². The van der Waals surface area contributed by atoms with Crippen molar-refractivity contribution in [3.63, 3.8) is 0 Å². The molecule has 0 bridgehead atoms. The molecule has 2 heterocycles. The third kappa shape index (κ3) is 2.22. The molecular weight excluding hydrogens is 258 g/mol. The molecule has 0 saturated carbocycles. The predicted molar refractivity (Wildman–Crippen MR) is 73.7 cm³/mol. The Morgan fingerprint density at radius 3 is 3.20 bits per heavy atom. The number of nitrogens with one attached hydrogen (secondary N) is 1. The van der Waals surface area contributed by atoms with Crippen LogP contribution in [0.5, 0.6) is 5.75 Å². The molecule has 0 saturated heterocycles. The molecule has 0 fully saturated rings. The van der Waals surface area contributed by atoms with Gasteiger partial charge in [0.05, 0.1) is 30.8 Å². The van der Waals surface area contributed by atoms with Crippen LogP contribution in [0.4, 0.5) is 0 Å². The minimum absolute atomic E-state index is 0.0425. The lowest BCUT2D eigenvalue weighted by Gasteiger charge is -2.26. The van der Waals surface area contributed by atoms with Crippen molar-refractivity contribution in [2.75, 3.05) is 20.3 Å². The molecule has 6 nitrogen and oxygen atoms in total. The number of amides is 1. The molecule has 1 aromatic carbocycles. The number of aromatic nitrogens is 2. The van der Waals surface area contributed by atoms with E-state index >= 15 is 0 Å². The smallest absolute Gasteiger partial charge is 0.216 e. The second-order valence-corrected chi connectivity index (χ2v) is 4.86. The van der Waals surface area contributed by atoms with Gasteiger partial charge in [-0.1, -0.05) is 0 Å². The number of carbonyl (C=O) groups is 1. The highest BCUT2D eigenvalue weighted by molar-refractivity contribution is 5.78. The molecule has 1 aromatic heterocycles. The van der Waals surface area contributed by atoms with E-state index in [-0.39, 0.29) is 11.9 Å². The molecule has 2 aromatic rings. The molecule has 0 radical (unpaired) electrons. The van der Waals surface area contributed by atoms with Gasteiger partial charge in [-0.15, -0.1) is 0 Å². The van der Waals surface area contributed by atoms with Crippen LogP contribution in [0, 0.1) is 0 Å². The van der Waals surface area contributed by atoms with Crippen LogP contribution in [-0.4, -0.2) is 35.7 Å². The Balaban J connectivity index is 2.03. The number of fused-ring (bicyclic) bond motifs is 3. The van der Waals surface area contributed by atoms with Crippen LogP contribution in [0.2, 0.25) is 0 Å². The number of ether oxygens (including phenoxy) is 2. The van der Waals surface area contributed by atoms with Crippen molar-refractivity contribution in [2.24, 2.45) is 0 Å². The number of methoxy groups -OCH3 is 1. The first-order valence-corrected chi connectivity index (χ1v) is 6.56. The monoisotopic (exact) mass is 275 g/mol. The maximum absolute atomic E-state index is 11.1. The Hall–Kier alpha value is -2.08. The molecule has 0 unspecified atom stereocenters. The summed E-state index contributed by atoms with van der Waals surface area (Å²) >= 11 is 0. The van der Waals surface area contributed by atoms with Crippen molar-refractivity contribution in [1.82, 2.24) is 14.9 Å². The van der Waals surface area contributed by atoms with Crippen LogP contribution in [0.1, 0.15) is 18.8 Å². The molecule has 106 valence electrons. The fraction of sp³-hybridized carbons (Fsp3) is 0.429. The summed E-state index contributed by atoms with van der Waals surface area (Å²) in [5, 5.41) is 2.84. The first-order chi connectivity index (χ1) is 9.69. The Labute approximate surface area is 116 Å². The largest absolute Gasteiger partial charge is 0.497 e. The lowest BCUT2D eigenvalue weighted by atomic mass is 10.2. The van der Waals surface area contributed by atoms with Gasteiger partial charge in [0.15, 0.2) is 0 Å². The standard InChI is InChI=1S/C14H17N3O3/c1-9(18)15-6-10-7-20-8-14-16-12-4-3-11(19-2)5-13(12)17(10)14/h3-5,10H,6-8H2,1-2H3,(H,15,18)/t10-/m0/s1. The topological polar surface area (TPSA) is 65.4 Å². The number of benzene rings is 1. The summed E-state index contributed by atoms with van der Waals surface area (Å²) in [6, 6.07) is 5.86. The quantitative estimate of drug-likeness (QED) is 0.915. The number of hydrogen-bond acceptors (Lipinski definition) is 4. The van der Waals surface area contributed by atoms with Crippen molar-refractivity contribution in [3.8, 4) is 5.75 Å². The van der Waals surface area contributed by atoms with E-state index < -0.39 is 0 Å². The fourth-order valence-corrected chi connectivity index (χ4v) is 2.53. The first kappa shape index (κ1) is 12.9. The lowest BCUT2D eigenvalue weighted by molar-refractivity contribution is -0.119. The van der Waals surface area contributed by atoms with Gasteiger partial charge in [-0.05, 0) is 12.1 Å². The number of hydrogen-bond donors (Lipinski definition) is 1. The van der Waals surface area contributed by atoms with E-state index in [1.807, 2.05) is 18.2 Å². The highest BCUT2D eigenvalue weighted by Gasteiger charge is 2.24. The zero-order chi connectivity index (χ0) is 14.1. The Kier molecular flexibility index (Phi) is 3.31. The summed E-state index contributed by atoms with van der Waals surface area (Å²) in [4.78, 5) is 15.7. The van der Waals surface area contributed by atoms with Crippen molar-refractivity contribution in [1.29, 1.82) is 0 Å². The van der Waals surface area contributed by atoms with Crippen LogP contribution in [-0.2, 0) is 16.1 Å². The maximum atomic E-state index is 11.1. The van der Waals surface area contributed by atoms with E-state index in [1.165, 1.54) is 6.92 Å². The van der Waals surface area contributed by atoms with Gasteiger partial charge in [0.1, 0.15) is 18.2 Å². The van der Waals surface area contributed by atoms with Crippen LogP contribution >= 0.6 is 0 Å². The molecule has 1 aliphatic heterocycles. The summed E-state index contributed by atoms with van der Waals surface area (Å²) in [5.74, 6) is 1.64. The third-order valence-electron chi connectivity index (χ3n) is 3.46. The summed E-state index contributed by atoms with van der Waals surface area (Å²) in [6.07, 6.45) is 0. The minimum Gasteiger partial charge on any atom is -0.497 e. The molecule has 20 heavy (non-hydrogen) atoms. The molecule has 0 aliphatic carbocycles. The average Bonchev–Trinajstić information content (AvgIpc) is 2.82. The summed E-state index contributed by atoms with van der Waals surface area (Å²) in [5.41, 5.74) is 1.93. The van der Waals surface area contributed by atoms with Crippen molar-refractivity contribution in [2.45, 2.75) is 19.6 Å². The van der Waals surface area contributed by atoms with Gasteiger partial charge in [-0.25, -0.2) is 4.98 Å². The van der Waals surface area contributed by atoms with Crippen LogP contribution in [0.15, 0.2) is 18.2 Å². The fourth-order valence-electron chi connectivity index (χ4n) is 2.53. The van der Waals surface area contributed by atoms with E-state index in [0.717, 1.165) is 22.6 Å². The van der Waals surface area contributed by atoms with Gasteiger partial charge in [-0.2, -0.15) is 0 Å². The van der Waals surface area contributed by atoms with Gasteiger partial charge >= 0.3 is 0 Å². The van der Waals surface area contributed by atoms with Gasteiger partial charge in [0.2, 0.25) is 5.91 Å². The molecule has 0 spiro atoms. The van der Waals surface area contributed by atoms with Crippen LogP contribution < -0.4 is 10.1 Å². The maximum Gasteiger partial charge on any atom is 0.216 e. The van der Waals surface area contributed by atoms with E-state index in [0.29, 0.717) is 19.8 Å². The zero-order valence-electron chi connectivity index (χ0n) is 11.5. The molecule has 1 N–H and O–H groups in total. The van der Waals surface area contributed by atoms with Crippen molar-refractivity contribution in [3.05, 3.63) is 24.0 Å². The third-order valence-corrected chi connectivity index (χ3v) is 3.46.